The number of fused-ring (bicyclic) bond motifs is 1. The summed E-state index contributed by atoms with van der Waals surface area (Å²) >= 11 is 3.23. The fourth-order valence-electron chi connectivity index (χ4n) is 3.81. The van der Waals surface area contributed by atoms with Crippen LogP contribution in [0.2, 0.25) is 0 Å². The number of ether oxygens (including phenoxy) is 1. The van der Waals surface area contributed by atoms with E-state index in [0.717, 1.165) is 46.5 Å². The van der Waals surface area contributed by atoms with Gasteiger partial charge >= 0.3 is 0 Å². The van der Waals surface area contributed by atoms with Crippen molar-refractivity contribution in [1.29, 1.82) is 0 Å². The third-order valence-corrected chi connectivity index (χ3v) is 7.36. The SMILES string of the molecule is COc1ccc(-c2cn3nc(N4CCCC(C(=O)NCc5cccs5)C4)sc3n2)cc1. The number of hydrogen-bond donors (Lipinski definition) is 1. The van der Waals surface area contributed by atoms with Crippen LogP contribution in [-0.2, 0) is 11.3 Å². The first-order chi connectivity index (χ1) is 15.2. The number of aromatic nitrogens is 3. The van der Waals surface area contributed by atoms with Crippen LogP contribution in [0.5, 0.6) is 5.75 Å². The molecule has 1 aliphatic rings. The van der Waals surface area contributed by atoms with Crippen LogP contribution in [0.25, 0.3) is 16.2 Å². The molecule has 0 radical (unpaired) electrons. The molecule has 0 bridgehead atoms. The quantitative estimate of drug-likeness (QED) is 0.477. The summed E-state index contributed by atoms with van der Waals surface area (Å²) in [5, 5.41) is 10.8. The van der Waals surface area contributed by atoms with Gasteiger partial charge < -0.3 is 15.0 Å². The fourth-order valence-corrected chi connectivity index (χ4v) is 5.38. The molecule has 1 fully saturated rings. The first-order valence-electron chi connectivity index (χ1n) is 10.3. The lowest BCUT2D eigenvalue weighted by Crippen LogP contribution is -2.42. The molecule has 0 spiro atoms. The summed E-state index contributed by atoms with van der Waals surface area (Å²) in [7, 11) is 1.66. The number of hydrogen-bond acceptors (Lipinski definition) is 7. The van der Waals surface area contributed by atoms with Crippen LogP contribution in [-0.4, -0.2) is 40.7 Å². The fraction of sp³-hybridized carbons (Fsp3) is 0.318. The number of imidazole rings is 1. The standard InChI is InChI=1S/C22H23N5O2S2/c1-29-17-8-6-15(7-9-17)19-14-27-21(24-19)31-22(25-27)26-10-2-4-16(13-26)20(28)23-12-18-5-3-11-30-18/h3,5-9,11,14,16H,2,4,10,12-13H2,1H3,(H,23,28). The Morgan fingerprint density at radius 3 is 2.90 bits per heavy atom. The Hall–Kier alpha value is -2.91. The number of rotatable bonds is 6. The van der Waals surface area contributed by atoms with Crippen molar-refractivity contribution in [3.63, 3.8) is 0 Å². The molecule has 0 aliphatic carbocycles. The summed E-state index contributed by atoms with van der Waals surface area (Å²) in [6.45, 7) is 2.21. The zero-order chi connectivity index (χ0) is 21.2. The average Bonchev–Trinajstić information content (AvgIpc) is 3.54. The zero-order valence-electron chi connectivity index (χ0n) is 17.2. The molecule has 7 nitrogen and oxygen atoms in total. The Kier molecular flexibility index (Phi) is 5.61. The minimum absolute atomic E-state index is 0.0141. The van der Waals surface area contributed by atoms with E-state index in [1.54, 1.807) is 29.8 Å². The summed E-state index contributed by atoms with van der Waals surface area (Å²) in [5.74, 6) is 0.935. The second kappa shape index (κ2) is 8.68. The van der Waals surface area contributed by atoms with Crippen molar-refractivity contribution in [2.75, 3.05) is 25.1 Å². The number of methoxy groups -OCH3 is 1. The lowest BCUT2D eigenvalue weighted by Gasteiger charge is -2.31. The number of carbonyl (C=O) groups excluding carboxylic acids is 1. The van der Waals surface area contributed by atoms with E-state index in [9.17, 15) is 4.79 Å². The molecular weight excluding hydrogens is 430 g/mol. The molecule has 1 atom stereocenters. The van der Waals surface area contributed by atoms with Crippen molar-refractivity contribution in [3.05, 3.63) is 52.9 Å². The minimum Gasteiger partial charge on any atom is -0.497 e. The summed E-state index contributed by atoms with van der Waals surface area (Å²) < 4.78 is 7.06. The Bertz CT molecular complexity index is 1140. The molecule has 5 rings (SSSR count). The molecule has 1 unspecified atom stereocenters. The Morgan fingerprint density at radius 1 is 1.29 bits per heavy atom. The molecule has 9 heteroatoms. The van der Waals surface area contributed by atoms with Gasteiger partial charge in [-0.1, -0.05) is 17.4 Å². The van der Waals surface area contributed by atoms with Gasteiger partial charge in [-0.3, -0.25) is 4.79 Å². The van der Waals surface area contributed by atoms with Gasteiger partial charge in [0.15, 0.2) is 0 Å². The molecule has 1 aliphatic heterocycles. The summed E-state index contributed by atoms with van der Waals surface area (Å²) in [4.78, 5) is 21.6. The number of nitrogens with zero attached hydrogens (tertiary/aromatic N) is 4. The molecule has 1 amide bonds. The second-order valence-corrected chi connectivity index (χ2v) is 9.52. The topological polar surface area (TPSA) is 71.8 Å². The van der Waals surface area contributed by atoms with E-state index in [4.69, 9.17) is 14.8 Å². The number of piperidine rings is 1. The monoisotopic (exact) mass is 453 g/mol. The smallest absolute Gasteiger partial charge is 0.225 e. The molecular formula is C22H23N5O2S2. The predicted molar refractivity (Wildman–Crippen MR) is 124 cm³/mol. The largest absolute Gasteiger partial charge is 0.497 e. The van der Waals surface area contributed by atoms with E-state index in [2.05, 4.69) is 10.2 Å². The number of thiophene rings is 1. The van der Waals surface area contributed by atoms with Crippen LogP contribution in [0.1, 0.15) is 17.7 Å². The van der Waals surface area contributed by atoms with Crippen molar-refractivity contribution in [3.8, 4) is 17.0 Å². The van der Waals surface area contributed by atoms with Crippen LogP contribution in [0.3, 0.4) is 0 Å². The maximum atomic E-state index is 12.7. The van der Waals surface area contributed by atoms with Crippen molar-refractivity contribution in [2.45, 2.75) is 19.4 Å². The van der Waals surface area contributed by atoms with Gasteiger partial charge in [-0.25, -0.2) is 9.50 Å². The maximum Gasteiger partial charge on any atom is 0.225 e. The highest BCUT2D eigenvalue weighted by Gasteiger charge is 2.28. The summed E-state index contributed by atoms with van der Waals surface area (Å²) in [6.07, 6.45) is 3.85. The zero-order valence-corrected chi connectivity index (χ0v) is 18.8. The van der Waals surface area contributed by atoms with Crippen LogP contribution < -0.4 is 15.0 Å². The van der Waals surface area contributed by atoms with Crippen LogP contribution in [0.4, 0.5) is 5.13 Å². The van der Waals surface area contributed by atoms with Gasteiger partial charge in [0, 0.05) is 23.5 Å². The molecule has 31 heavy (non-hydrogen) atoms. The minimum atomic E-state index is -0.0141. The Balaban J connectivity index is 1.26. The third kappa shape index (κ3) is 4.28. The molecule has 160 valence electrons. The van der Waals surface area contributed by atoms with E-state index >= 15 is 0 Å². The third-order valence-electron chi connectivity index (χ3n) is 5.50. The molecule has 4 aromatic rings. The number of nitrogens with one attached hydrogen (secondary N) is 1. The van der Waals surface area contributed by atoms with Gasteiger partial charge in [-0.2, -0.15) is 0 Å². The van der Waals surface area contributed by atoms with Crippen molar-refractivity contribution in [2.24, 2.45) is 5.92 Å². The van der Waals surface area contributed by atoms with Gasteiger partial charge in [0.2, 0.25) is 16.0 Å². The first-order valence-corrected chi connectivity index (χ1v) is 11.9. The Morgan fingerprint density at radius 2 is 2.16 bits per heavy atom. The molecule has 0 saturated carbocycles. The lowest BCUT2D eigenvalue weighted by molar-refractivity contribution is -0.125. The van der Waals surface area contributed by atoms with E-state index in [1.807, 2.05) is 52.5 Å². The van der Waals surface area contributed by atoms with Crippen molar-refractivity contribution < 1.29 is 9.53 Å². The highest BCUT2D eigenvalue weighted by Crippen LogP contribution is 2.30. The predicted octanol–water partition coefficient (Wildman–Crippen LogP) is 4.06. The van der Waals surface area contributed by atoms with E-state index in [-0.39, 0.29) is 11.8 Å². The molecule has 1 saturated heterocycles. The highest BCUT2D eigenvalue weighted by molar-refractivity contribution is 7.20. The number of benzene rings is 1. The van der Waals surface area contributed by atoms with Crippen molar-refractivity contribution in [1.82, 2.24) is 19.9 Å². The van der Waals surface area contributed by atoms with Crippen LogP contribution in [0.15, 0.2) is 48.0 Å². The van der Waals surface area contributed by atoms with Gasteiger partial charge in [-0.05, 0) is 48.6 Å². The molecule has 1 aromatic carbocycles. The van der Waals surface area contributed by atoms with Gasteiger partial charge in [0.1, 0.15) is 5.75 Å². The van der Waals surface area contributed by atoms with Gasteiger partial charge in [0.25, 0.3) is 0 Å². The first kappa shape index (κ1) is 20.0. The van der Waals surface area contributed by atoms with Crippen LogP contribution in [0, 0.1) is 5.92 Å². The number of carbonyl (C=O) groups is 1. The van der Waals surface area contributed by atoms with Gasteiger partial charge in [0.05, 0.1) is 31.5 Å². The van der Waals surface area contributed by atoms with E-state index in [0.29, 0.717) is 13.1 Å². The Labute approximate surface area is 188 Å². The van der Waals surface area contributed by atoms with E-state index < -0.39 is 0 Å². The average molecular weight is 454 g/mol. The summed E-state index contributed by atoms with van der Waals surface area (Å²) in [6, 6.07) is 11.9. The number of anilines is 1. The second-order valence-electron chi connectivity index (χ2n) is 7.55. The number of amides is 1. The summed E-state index contributed by atoms with van der Waals surface area (Å²) in [5.41, 5.74) is 1.91. The molecule has 3 aromatic heterocycles. The molecule has 4 heterocycles. The van der Waals surface area contributed by atoms with Gasteiger partial charge in [-0.15, -0.1) is 16.4 Å². The van der Waals surface area contributed by atoms with Crippen LogP contribution >= 0.6 is 22.7 Å². The maximum absolute atomic E-state index is 12.7. The van der Waals surface area contributed by atoms with Crippen molar-refractivity contribution >= 4 is 38.7 Å². The van der Waals surface area contributed by atoms with E-state index in [1.165, 1.54) is 4.88 Å². The normalized spacial score (nSPS) is 16.5. The highest BCUT2D eigenvalue weighted by atomic mass is 32.1. The lowest BCUT2D eigenvalue weighted by atomic mass is 9.97. The molecule has 1 N–H and O–H groups in total.